The van der Waals surface area contributed by atoms with Crippen LogP contribution in [0.4, 0.5) is 4.39 Å². The number of hydrogen-bond donors (Lipinski definition) is 2. The number of H-pyrrole nitrogens is 1. The summed E-state index contributed by atoms with van der Waals surface area (Å²) in [6, 6.07) is 4.54. The summed E-state index contributed by atoms with van der Waals surface area (Å²) in [5.41, 5.74) is 0.0546. The van der Waals surface area contributed by atoms with Crippen LogP contribution in [-0.2, 0) is 0 Å². The maximum absolute atomic E-state index is 13.6. The monoisotopic (exact) mass is 247 g/mol. The van der Waals surface area contributed by atoms with Crippen LogP contribution < -0.4 is 10.9 Å². The number of halogens is 1. The molecule has 0 aliphatic carbocycles. The third kappa shape index (κ3) is 1.90. The predicted molar refractivity (Wildman–Crippen MR) is 67.2 cm³/mol. The molecule has 1 aliphatic rings. The van der Waals surface area contributed by atoms with Crippen LogP contribution in [0.3, 0.4) is 0 Å². The molecule has 3 rings (SSSR count). The van der Waals surface area contributed by atoms with Crippen molar-refractivity contribution in [3.05, 3.63) is 40.2 Å². The van der Waals surface area contributed by atoms with Gasteiger partial charge in [-0.1, -0.05) is 6.07 Å². The normalized spacial score (nSPS) is 17.2. The minimum Gasteiger partial charge on any atom is -0.317 e. The Labute approximate surface area is 103 Å². The van der Waals surface area contributed by atoms with E-state index in [0.717, 1.165) is 25.9 Å². The van der Waals surface area contributed by atoms with Crippen LogP contribution >= 0.6 is 0 Å². The molecule has 5 heteroatoms. The highest BCUT2D eigenvalue weighted by Gasteiger charge is 2.19. The molecule has 1 aromatic carbocycles. The van der Waals surface area contributed by atoms with Gasteiger partial charge in [0, 0.05) is 5.92 Å². The van der Waals surface area contributed by atoms with Gasteiger partial charge in [0.2, 0.25) is 0 Å². The van der Waals surface area contributed by atoms with Crippen molar-refractivity contribution in [3.63, 3.8) is 0 Å². The van der Waals surface area contributed by atoms with E-state index in [-0.39, 0.29) is 16.9 Å². The van der Waals surface area contributed by atoms with E-state index >= 15 is 0 Å². The van der Waals surface area contributed by atoms with Gasteiger partial charge in [-0.2, -0.15) is 0 Å². The summed E-state index contributed by atoms with van der Waals surface area (Å²) >= 11 is 0. The Kier molecular flexibility index (Phi) is 2.83. The second kappa shape index (κ2) is 4.49. The molecule has 2 aromatic rings. The molecular weight excluding hydrogens is 233 g/mol. The zero-order chi connectivity index (χ0) is 12.5. The van der Waals surface area contributed by atoms with Crippen LogP contribution in [0.2, 0.25) is 0 Å². The molecule has 0 saturated carbocycles. The molecule has 1 saturated heterocycles. The second-order valence-electron chi connectivity index (χ2n) is 4.61. The van der Waals surface area contributed by atoms with Gasteiger partial charge in [0.25, 0.3) is 5.56 Å². The number of nitrogens with zero attached hydrogens (tertiary/aromatic N) is 1. The summed E-state index contributed by atoms with van der Waals surface area (Å²) in [4.78, 5) is 19.0. The molecule has 18 heavy (non-hydrogen) atoms. The highest BCUT2D eigenvalue weighted by molar-refractivity contribution is 5.77. The number of aromatic nitrogens is 2. The van der Waals surface area contributed by atoms with Crippen LogP contribution in [0.5, 0.6) is 0 Å². The van der Waals surface area contributed by atoms with Gasteiger partial charge >= 0.3 is 0 Å². The van der Waals surface area contributed by atoms with Crippen LogP contribution in [0, 0.1) is 5.82 Å². The molecule has 94 valence electrons. The van der Waals surface area contributed by atoms with E-state index in [4.69, 9.17) is 0 Å². The number of nitrogens with one attached hydrogen (secondary N) is 2. The molecule has 2 N–H and O–H groups in total. The Hall–Kier alpha value is -1.75. The molecule has 1 fully saturated rings. The van der Waals surface area contributed by atoms with Crippen molar-refractivity contribution in [3.8, 4) is 0 Å². The molecule has 0 bridgehead atoms. The van der Waals surface area contributed by atoms with Gasteiger partial charge in [0.1, 0.15) is 17.0 Å². The predicted octanol–water partition coefficient (Wildman–Crippen LogP) is 1.53. The number of piperidine rings is 1. The molecule has 0 radical (unpaired) electrons. The summed E-state index contributed by atoms with van der Waals surface area (Å²) in [5, 5.41) is 3.32. The van der Waals surface area contributed by atoms with Crippen LogP contribution in [-0.4, -0.2) is 23.1 Å². The van der Waals surface area contributed by atoms with Gasteiger partial charge < -0.3 is 10.3 Å². The van der Waals surface area contributed by atoms with Crippen LogP contribution in [0.15, 0.2) is 23.0 Å². The summed E-state index contributed by atoms with van der Waals surface area (Å²) in [6.45, 7) is 1.85. The van der Waals surface area contributed by atoms with Crippen LogP contribution in [0.1, 0.15) is 24.6 Å². The third-order valence-electron chi connectivity index (χ3n) is 3.43. The molecule has 0 spiro atoms. The lowest BCUT2D eigenvalue weighted by atomic mass is 9.97. The average molecular weight is 247 g/mol. The number of fused-ring (bicyclic) bond motifs is 1. The highest BCUT2D eigenvalue weighted by atomic mass is 19.1. The lowest BCUT2D eigenvalue weighted by Gasteiger charge is -2.21. The first-order valence-corrected chi connectivity index (χ1v) is 6.15. The fourth-order valence-corrected chi connectivity index (χ4v) is 2.46. The zero-order valence-corrected chi connectivity index (χ0v) is 9.87. The van der Waals surface area contributed by atoms with Crippen molar-refractivity contribution < 1.29 is 4.39 Å². The lowest BCUT2D eigenvalue weighted by Crippen LogP contribution is -2.28. The Bertz CT molecular complexity index is 632. The lowest BCUT2D eigenvalue weighted by molar-refractivity contribution is 0.445. The quantitative estimate of drug-likeness (QED) is 0.803. The van der Waals surface area contributed by atoms with Crippen molar-refractivity contribution in [2.45, 2.75) is 18.8 Å². The van der Waals surface area contributed by atoms with E-state index in [1.807, 2.05) is 0 Å². The first-order chi connectivity index (χ1) is 8.75. The van der Waals surface area contributed by atoms with Crippen molar-refractivity contribution in [1.29, 1.82) is 0 Å². The summed E-state index contributed by atoms with van der Waals surface area (Å²) < 4.78 is 13.6. The maximum atomic E-state index is 13.6. The van der Waals surface area contributed by atoms with E-state index in [2.05, 4.69) is 15.3 Å². The number of rotatable bonds is 1. The highest BCUT2D eigenvalue weighted by Crippen LogP contribution is 2.22. The smallest absolute Gasteiger partial charge is 0.261 e. The van der Waals surface area contributed by atoms with Gasteiger partial charge in [0.15, 0.2) is 0 Å². The molecular formula is C13H14FN3O. The molecule has 1 aromatic heterocycles. The first kappa shape index (κ1) is 11.3. The van der Waals surface area contributed by atoms with Crippen molar-refractivity contribution in [2.75, 3.05) is 13.1 Å². The number of hydrogen-bond acceptors (Lipinski definition) is 3. The Balaban J connectivity index is 2.12. The van der Waals surface area contributed by atoms with E-state index in [1.165, 1.54) is 6.07 Å². The fourth-order valence-electron chi connectivity index (χ4n) is 2.46. The minimum atomic E-state index is -0.516. The summed E-state index contributed by atoms with van der Waals surface area (Å²) in [6.07, 6.45) is 1.90. The Morgan fingerprint density at radius 1 is 1.28 bits per heavy atom. The van der Waals surface area contributed by atoms with Gasteiger partial charge in [-0.05, 0) is 38.1 Å². The topological polar surface area (TPSA) is 57.8 Å². The molecule has 2 heterocycles. The van der Waals surface area contributed by atoms with Gasteiger partial charge in [-0.25, -0.2) is 9.37 Å². The van der Waals surface area contributed by atoms with Gasteiger partial charge in [0.05, 0.1) is 5.52 Å². The fraction of sp³-hybridized carbons (Fsp3) is 0.385. The van der Waals surface area contributed by atoms with Crippen molar-refractivity contribution in [1.82, 2.24) is 15.3 Å². The summed E-state index contributed by atoms with van der Waals surface area (Å²) in [5.74, 6) is 0.421. The Morgan fingerprint density at radius 2 is 2.06 bits per heavy atom. The summed E-state index contributed by atoms with van der Waals surface area (Å²) in [7, 11) is 0. The maximum Gasteiger partial charge on any atom is 0.261 e. The van der Waals surface area contributed by atoms with E-state index in [9.17, 15) is 9.18 Å². The Morgan fingerprint density at radius 3 is 2.83 bits per heavy atom. The SMILES string of the molecule is O=c1[nH]c(C2CCNCC2)nc2cccc(F)c12. The number of aromatic amines is 1. The molecule has 1 aliphatic heterocycles. The largest absolute Gasteiger partial charge is 0.317 e. The second-order valence-corrected chi connectivity index (χ2v) is 4.61. The molecule has 0 atom stereocenters. The van der Waals surface area contributed by atoms with Crippen molar-refractivity contribution in [2.24, 2.45) is 0 Å². The average Bonchev–Trinajstić information content (AvgIpc) is 2.39. The van der Waals surface area contributed by atoms with Crippen molar-refractivity contribution >= 4 is 10.9 Å². The minimum absolute atomic E-state index is 0.0511. The first-order valence-electron chi connectivity index (χ1n) is 6.15. The van der Waals surface area contributed by atoms with E-state index in [0.29, 0.717) is 11.3 Å². The zero-order valence-electron chi connectivity index (χ0n) is 9.87. The third-order valence-corrected chi connectivity index (χ3v) is 3.43. The molecule has 0 unspecified atom stereocenters. The van der Waals surface area contributed by atoms with Gasteiger partial charge in [-0.15, -0.1) is 0 Å². The number of benzene rings is 1. The van der Waals surface area contributed by atoms with E-state index < -0.39 is 5.82 Å². The standard InChI is InChI=1S/C13H14FN3O/c14-9-2-1-3-10-11(9)13(18)17-12(16-10)8-4-6-15-7-5-8/h1-3,8,15H,4-7H2,(H,16,17,18). The molecule has 4 nitrogen and oxygen atoms in total. The van der Waals surface area contributed by atoms with Crippen LogP contribution in [0.25, 0.3) is 10.9 Å². The van der Waals surface area contributed by atoms with E-state index in [1.54, 1.807) is 12.1 Å². The molecule has 0 amide bonds. The van der Waals surface area contributed by atoms with Gasteiger partial charge in [-0.3, -0.25) is 4.79 Å².